The van der Waals surface area contributed by atoms with Crippen molar-refractivity contribution in [3.05, 3.63) is 22.7 Å². The van der Waals surface area contributed by atoms with Gasteiger partial charge in [0.25, 0.3) is 5.91 Å². The maximum atomic E-state index is 13.0. The number of primary amides is 1. The summed E-state index contributed by atoms with van der Waals surface area (Å²) in [6.07, 6.45) is 2.33. The van der Waals surface area contributed by atoms with Gasteiger partial charge in [-0.2, -0.15) is 0 Å². The molecule has 1 fully saturated rings. The van der Waals surface area contributed by atoms with Crippen molar-refractivity contribution in [3.63, 3.8) is 0 Å². The van der Waals surface area contributed by atoms with E-state index in [2.05, 4.69) is 13.8 Å². The summed E-state index contributed by atoms with van der Waals surface area (Å²) in [6.45, 7) is 7.04. The molecule has 1 aromatic rings. The number of piperidine rings is 1. The Kier molecular flexibility index (Phi) is 7.36. The number of nitrogens with zero attached hydrogens (tertiary/aromatic N) is 1. The van der Waals surface area contributed by atoms with E-state index in [4.69, 9.17) is 26.8 Å². The normalized spacial score (nSPS) is 19.9. The monoisotopic (exact) mass is 396 g/mol. The molecule has 6 nitrogen and oxygen atoms in total. The smallest absolute Gasteiger partial charge is 0.254 e. The van der Waals surface area contributed by atoms with Crippen molar-refractivity contribution in [2.75, 3.05) is 20.3 Å². The predicted octanol–water partition coefficient (Wildman–Crippen LogP) is 3.50. The molecule has 0 bridgehead atoms. The number of halogens is 1. The SMILES string of the molecule is COc1cc(C(=O)N2CC(C(N)=O)CCC2C)cc(Cl)c1OCCC(C)C. The van der Waals surface area contributed by atoms with Crippen molar-refractivity contribution >= 4 is 23.4 Å². The average Bonchev–Trinajstić information content (AvgIpc) is 2.62. The van der Waals surface area contributed by atoms with Gasteiger partial charge in [0.1, 0.15) is 0 Å². The maximum absolute atomic E-state index is 13.0. The van der Waals surface area contributed by atoms with Crippen LogP contribution in [0.1, 0.15) is 50.4 Å². The van der Waals surface area contributed by atoms with E-state index < -0.39 is 0 Å². The molecule has 27 heavy (non-hydrogen) atoms. The van der Waals surface area contributed by atoms with Gasteiger partial charge in [0.15, 0.2) is 11.5 Å². The minimum absolute atomic E-state index is 0.0276. The minimum atomic E-state index is -0.371. The molecule has 0 radical (unpaired) electrons. The summed E-state index contributed by atoms with van der Waals surface area (Å²) in [5.41, 5.74) is 5.84. The molecular weight excluding hydrogens is 368 g/mol. The highest BCUT2D eigenvalue weighted by atomic mass is 35.5. The molecule has 150 valence electrons. The lowest BCUT2D eigenvalue weighted by Gasteiger charge is -2.37. The van der Waals surface area contributed by atoms with Gasteiger partial charge >= 0.3 is 0 Å². The van der Waals surface area contributed by atoms with Crippen molar-refractivity contribution in [1.82, 2.24) is 4.90 Å². The highest BCUT2D eigenvalue weighted by molar-refractivity contribution is 6.32. The maximum Gasteiger partial charge on any atom is 0.254 e. The van der Waals surface area contributed by atoms with Gasteiger partial charge in [-0.3, -0.25) is 9.59 Å². The van der Waals surface area contributed by atoms with E-state index in [9.17, 15) is 9.59 Å². The molecule has 2 atom stereocenters. The number of carbonyl (C=O) groups is 2. The lowest BCUT2D eigenvalue weighted by molar-refractivity contribution is -0.123. The first kappa shape index (κ1) is 21.4. The second kappa shape index (κ2) is 9.31. The van der Waals surface area contributed by atoms with E-state index in [0.717, 1.165) is 12.8 Å². The van der Waals surface area contributed by atoms with Crippen LogP contribution >= 0.6 is 11.6 Å². The average molecular weight is 397 g/mol. The van der Waals surface area contributed by atoms with Gasteiger partial charge in [-0.05, 0) is 44.2 Å². The van der Waals surface area contributed by atoms with Crippen LogP contribution in [-0.4, -0.2) is 43.0 Å². The van der Waals surface area contributed by atoms with Crippen LogP contribution in [0.15, 0.2) is 12.1 Å². The van der Waals surface area contributed by atoms with E-state index in [1.54, 1.807) is 17.0 Å². The van der Waals surface area contributed by atoms with Crippen molar-refractivity contribution in [2.45, 2.75) is 46.1 Å². The fourth-order valence-electron chi connectivity index (χ4n) is 3.17. The Labute approximate surface area is 165 Å². The Morgan fingerprint density at radius 1 is 1.33 bits per heavy atom. The van der Waals surface area contributed by atoms with Crippen LogP contribution in [0, 0.1) is 11.8 Å². The molecule has 0 aliphatic carbocycles. The molecule has 2 unspecified atom stereocenters. The summed E-state index contributed by atoms with van der Waals surface area (Å²) < 4.78 is 11.2. The number of rotatable bonds is 7. The van der Waals surface area contributed by atoms with Crippen molar-refractivity contribution in [1.29, 1.82) is 0 Å². The van der Waals surface area contributed by atoms with Crippen molar-refractivity contribution in [3.8, 4) is 11.5 Å². The number of benzene rings is 1. The zero-order chi connectivity index (χ0) is 20.1. The van der Waals surface area contributed by atoms with Crippen LogP contribution in [-0.2, 0) is 4.79 Å². The summed E-state index contributed by atoms with van der Waals surface area (Å²) in [6, 6.07) is 3.26. The van der Waals surface area contributed by atoms with Gasteiger partial charge in [-0.15, -0.1) is 0 Å². The van der Waals surface area contributed by atoms with E-state index in [0.29, 0.717) is 47.6 Å². The van der Waals surface area contributed by atoms with E-state index in [-0.39, 0.29) is 23.8 Å². The number of carbonyl (C=O) groups excluding carboxylic acids is 2. The number of ether oxygens (including phenoxy) is 2. The molecule has 0 spiro atoms. The minimum Gasteiger partial charge on any atom is -0.493 e. The Bertz CT molecular complexity index is 693. The number of likely N-dealkylation sites (tertiary alicyclic amines) is 1. The van der Waals surface area contributed by atoms with Crippen LogP contribution in [0.5, 0.6) is 11.5 Å². The number of nitrogens with two attached hydrogens (primary N) is 1. The molecule has 7 heteroatoms. The van der Waals surface area contributed by atoms with E-state index in [1.165, 1.54) is 7.11 Å². The Morgan fingerprint density at radius 3 is 2.63 bits per heavy atom. The Morgan fingerprint density at radius 2 is 2.04 bits per heavy atom. The summed E-state index contributed by atoms with van der Waals surface area (Å²) >= 11 is 6.38. The number of hydrogen-bond donors (Lipinski definition) is 1. The molecule has 2 amide bonds. The molecule has 1 heterocycles. The topological polar surface area (TPSA) is 81.9 Å². The fourth-order valence-corrected chi connectivity index (χ4v) is 3.43. The molecule has 2 N–H and O–H groups in total. The number of amides is 2. The number of methoxy groups -OCH3 is 1. The second-order valence-electron chi connectivity index (χ2n) is 7.50. The van der Waals surface area contributed by atoms with Gasteiger partial charge < -0.3 is 20.1 Å². The molecule has 1 saturated heterocycles. The third kappa shape index (κ3) is 5.28. The third-order valence-corrected chi connectivity index (χ3v) is 5.24. The van der Waals surface area contributed by atoms with Crippen molar-refractivity contribution in [2.24, 2.45) is 17.6 Å². The first-order valence-corrected chi connectivity index (χ1v) is 9.73. The molecular formula is C20H29ClN2O4. The lowest BCUT2D eigenvalue weighted by Crippen LogP contribution is -2.48. The zero-order valence-electron chi connectivity index (χ0n) is 16.5. The van der Waals surface area contributed by atoms with E-state index >= 15 is 0 Å². The first-order chi connectivity index (χ1) is 12.7. The predicted molar refractivity (Wildman–Crippen MR) is 105 cm³/mol. The highest BCUT2D eigenvalue weighted by Crippen LogP contribution is 2.37. The highest BCUT2D eigenvalue weighted by Gasteiger charge is 2.32. The second-order valence-corrected chi connectivity index (χ2v) is 7.91. The van der Waals surface area contributed by atoms with Crippen LogP contribution in [0.3, 0.4) is 0 Å². The summed E-state index contributed by atoms with van der Waals surface area (Å²) in [7, 11) is 1.52. The molecule has 0 saturated carbocycles. The molecule has 2 rings (SSSR count). The van der Waals surface area contributed by atoms with Crippen LogP contribution in [0.4, 0.5) is 0 Å². The lowest BCUT2D eigenvalue weighted by atomic mass is 9.92. The molecule has 1 aliphatic heterocycles. The Balaban J connectivity index is 2.23. The van der Waals surface area contributed by atoms with Gasteiger partial charge in [-0.1, -0.05) is 25.4 Å². The van der Waals surface area contributed by atoms with Gasteiger partial charge in [0.05, 0.1) is 24.7 Å². The van der Waals surface area contributed by atoms with Gasteiger partial charge in [-0.25, -0.2) is 0 Å². The van der Waals surface area contributed by atoms with Crippen LogP contribution in [0.2, 0.25) is 5.02 Å². The standard InChI is InChI=1S/C20H29ClN2O4/c1-12(2)7-8-27-18-16(21)9-15(10-17(18)26-4)20(25)23-11-14(19(22)24)6-5-13(23)3/h9-10,12-14H,5-8,11H2,1-4H3,(H2,22,24). The molecule has 1 aliphatic rings. The molecule has 0 aromatic heterocycles. The largest absolute Gasteiger partial charge is 0.493 e. The van der Waals surface area contributed by atoms with Crippen LogP contribution < -0.4 is 15.2 Å². The Hall–Kier alpha value is -1.95. The van der Waals surface area contributed by atoms with Gasteiger partial charge in [0, 0.05) is 18.2 Å². The van der Waals surface area contributed by atoms with Crippen molar-refractivity contribution < 1.29 is 19.1 Å². The quantitative estimate of drug-likeness (QED) is 0.764. The summed E-state index contributed by atoms with van der Waals surface area (Å²) in [4.78, 5) is 26.3. The first-order valence-electron chi connectivity index (χ1n) is 9.35. The third-order valence-electron chi connectivity index (χ3n) is 4.96. The summed E-state index contributed by atoms with van der Waals surface area (Å²) in [5, 5.41) is 0.331. The number of hydrogen-bond acceptors (Lipinski definition) is 4. The van der Waals surface area contributed by atoms with E-state index in [1.807, 2.05) is 6.92 Å². The van der Waals surface area contributed by atoms with Gasteiger partial charge in [0.2, 0.25) is 5.91 Å². The molecule has 1 aromatic carbocycles. The zero-order valence-corrected chi connectivity index (χ0v) is 17.2. The summed E-state index contributed by atoms with van der Waals surface area (Å²) in [5.74, 6) is 0.492. The van der Waals surface area contributed by atoms with Crippen LogP contribution in [0.25, 0.3) is 0 Å². The fraction of sp³-hybridized carbons (Fsp3) is 0.600.